The molecule has 0 N–H and O–H groups in total. The standard InChI is InChI=1S/C21H33N3O2/c1-21(2,3)20(25)26-24-11-5-6-18(16-24)17-7-9-19(10-8-17)23-14-12-22(4)13-15-23/h7-10,18H,5-6,11-16H2,1-4H3. The van der Waals surface area contributed by atoms with Gasteiger partial charge in [-0.15, -0.1) is 5.06 Å². The zero-order valence-corrected chi connectivity index (χ0v) is 16.7. The largest absolute Gasteiger partial charge is 0.369 e. The van der Waals surface area contributed by atoms with Gasteiger partial charge in [0, 0.05) is 45.0 Å². The molecule has 0 spiro atoms. The Morgan fingerprint density at radius 2 is 1.69 bits per heavy atom. The molecule has 1 aromatic carbocycles. The number of nitrogens with zero attached hydrogens (tertiary/aromatic N) is 3. The molecule has 0 aliphatic carbocycles. The molecule has 0 saturated carbocycles. The summed E-state index contributed by atoms with van der Waals surface area (Å²) in [6.45, 7) is 11.7. The van der Waals surface area contributed by atoms with Crippen LogP contribution in [-0.4, -0.2) is 62.2 Å². The predicted octanol–water partition coefficient (Wildman–Crippen LogP) is 3.12. The van der Waals surface area contributed by atoms with Crippen molar-refractivity contribution in [1.82, 2.24) is 9.96 Å². The van der Waals surface area contributed by atoms with Crippen LogP contribution in [-0.2, 0) is 9.63 Å². The molecule has 0 radical (unpaired) electrons. The Bertz CT molecular complexity index is 601. The van der Waals surface area contributed by atoms with Crippen LogP contribution in [0.2, 0.25) is 0 Å². The van der Waals surface area contributed by atoms with E-state index in [0.717, 1.165) is 52.1 Å². The highest BCUT2D eigenvalue weighted by atomic mass is 16.7. The Morgan fingerprint density at radius 3 is 2.31 bits per heavy atom. The van der Waals surface area contributed by atoms with Crippen LogP contribution in [0.3, 0.4) is 0 Å². The van der Waals surface area contributed by atoms with Crippen molar-refractivity contribution in [3.63, 3.8) is 0 Å². The maximum Gasteiger partial charge on any atom is 0.330 e. The summed E-state index contributed by atoms with van der Waals surface area (Å²) in [7, 11) is 2.18. The van der Waals surface area contributed by atoms with Crippen molar-refractivity contribution in [1.29, 1.82) is 0 Å². The monoisotopic (exact) mass is 359 g/mol. The van der Waals surface area contributed by atoms with Crippen molar-refractivity contribution in [2.24, 2.45) is 5.41 Å². The Hall–Kier alpha value is -1.59. The summed E-state index contributed by atoms with van der Waals surface area (Å²) in [6, 6.07) is 9.02. The molecule has 1 atom stereocenters. The van der Waals surface area contributed by atoms with E-state index in [9.17, 15) is 4.79 Å². The molecule has 1 aromatic rings. The van der Waals surface area contributed by atoms with Crippen molar-refractivity contribution in [3.8, 4) is 0 Å². The number of carbonyl (C=O) groups excluding carboxylic acids is 1. The van der Waals surface area contributed by atoms with Crippen molar-refractivity contribution >= 4 is 11.7 Å². The average molecular weight is 360 g/mol. The van der Waals surface area contributed by atoms with Gasteiger partial charge in [-0.1, -0.05) is 12.1 Å². The number of benzene rings is 1. The Labute approximate surface area is 157 Å². The third-order valence-electron chi connectivity index (χ3n) is 5.44. The number of piperazine rings is 1. The number of likely N-dealkylation sites (N-methyl/N-ethyl adjacent to an activating group) is 1. The Kier molecular flexibility index (Phi) is 5.88. The number of hydroxylamine groups is 2. The predicted molar refractivity (Wildman–Crippen MR) is 105 cm³/mol. The van der Waals surface area contributed by atoms with E-state index in [1.807, 2.05) is 25.8 Å². The number of piperidine rings is 1. The molecule has 2 saturated heterocycles. The molecule has 5 nitrogen and oxygen atoms in total. The highest BCUT2D eigenvalue weighted by molar-refractivity contribution is 5.75. The van der Waals surface area contributed by atoms with Crippen LogP contribution in [0.15, 0.2) is 24.3 Å². The molecule has 0 aromatic heterocycles. The van der Waals surface area contributed by atoms with Gasteiger partial charge in [0.2, 0.25) is 0 Å². The van der Waals surface area contributed by atoms with E-state index in [2.05, 4.69) is 41.1 Å². The molecule has 1 unspecified atom stereocenters. The third kappa shape index (κ3) is 4.77. The summed E-state index contributed by atoms with van der Waals surface area (Å²) in [5, 5.41) is 1.86. The minimum atomic E-state index is -0.461. The first-order valence-corrected chi connectivity index (χ1v) is 9.84. The molecular weight excluding hydrogens is 326 g/mol. The fraction of sp³-hybridized carbons (Fsp3) is 0.667. The average Bonchev–Trinajstić information content (AvgIpc) is 2.62. The van der Waals surface area contributed by atoms with Gasteiger partial charge in [0.05, 0.1) is 5.41 Å². The Balaban J connectivity index is 1.59. The molecular formula is C21H33N3O2. The summed E-state index contributed by atoms with van der Waals surface area (Å²) in [4.78, 5) is 22.6. The second-order valence-corrected chi connectivity index (χ2v) is 8.74. The topological polar surface area (TPSA) is 36.0 Å². The first kappa shape index (κ1) is 19.2. The molecule has 3 rings (SSSR count). The fourth-order valence-corrected chi connectivity index (χ4v) is 3.57. The lowest BCUT2D eigenvalue weighted by Crippen LogP contribution is -2.44. The van der Waals surface area contributed by atoms with Gasteiger partial charge in [0.25, 0.3) is 0 Å². The van der Waals surface area contributed by atoms with Crippen molar-refractivity contribution < 1.29 is 9.63 Å². The normalized spacial score (nSPS) is 23.1. The van der Waals surface area contributed by atoms with E-state index in [4.69, 9.17) is 4.84 Å². The summed E-state index contributed by atoms with van der Waals surface area (Å²) < 4.78 is 0. The van der Waals surface area contributed by atoms with Crippen molar-refractivity contribution in [3.05, 3.63) is 29.8 Å². The van der Waals surface area contributed by atoms with Crippen LogP contribution in [0.1, 0.15) is 45.1 Å². The minimum Gasteiger partial charge on any atom is -0.369 e. The van der Waals surface area contributed by atoms with Gasteiger partial charge in [-0.25, -0.2) is 4.79 Å². The van der Waals surface area contributed by atoms with Crippen LogP contribution in [0, 0.1) is 5.41 Å². The van der Waals surface area contributed by atoms with E-state index in [0.29, 0.717) is 5.92 Å². The lowest BCUT2D eigenvalue weighted by Gasteiger charge is -2.35. The van der Waals surface area contributed by atoms with Gasteiger partial charge in [0.15, 0.2) is 0 Å². The molecule has 26 heavy (non-hydrogen) atoms. The van der Waals surface area contributed by atoms with Gasteiger partial charge in [-0.2, -0.15) is 0 Å². The van der Waals surface area contributed by atoms with Crippen LogP contribution in [0.4, 0.5) is 5.69 Å². The molecule has 0 bridgehead atoms. The Morgan fingerprint density at radius 1 is 1.04 bits per heavy atom. The van der Waals surface area contributed by atoms with Gasteiger partial charge >= 0.3 is 5.97 Å². The summed E-state index contributed by atoms with van der Waals surface area (Å²) in [5.74, 6) is 0.279. The number of hydrogen-bond acceptors (Lipinski definition) is 5. The SMILES string of the molecule is CN1CCN(c2ccc(C3CCCN(OC(=O)C(C)(C)C)C3)cc2)CC1. The van der Waals surface area contributed by atoms with Gasteiger partial charge in [-0.3, -0.25) is 0 Å². The summed E-state index contributed by atoms with van der Waals surface area (Å²) >= 11 is 0. The highest BCUT2D eigenvalue weighted by Crippen LogP contribution is 2.29. The van der Waals surface area contributed by atoms with E-state index in [-0.39, 0.29) is 5.97 Å². The second kappa shape index (κ2) is 7.97. The van der Waals surface area contributed by atoms with Gasteiger partial charge in [-0.05, 0) is 64.3 Å². The maximum atomic E-state index is 12.1. The zero-order valence-electron chi connectivity index (χ0n) is 16.7. The van der Waals surface area contributed by atoms with Gasteiger partial charge in [0.1, 0.15) is 0 Å². The van der Waals surface area contributed by atoms with Crippen LogP contribution >= 0.6 is 0 Å². The number of hydrogen-bond donors (Lipinski definition) is 0. The quantitative estimate of drug-likeness (QED) is 0.829. The molecule has 144 valence electrons. The number of carbonyl (C=O) groups is 1. The van der Waals surface area contributed by atoms with Crippen LogP contribution in [0.5, 0.6) is 0 Å². The lowest BCUT2D eigenvalue weighted by molar-refractivity contribution is -0.205. The number of rotatable bonds is 3. The third-order valence-corrected chi connectivity index (χ3v) is 5.44. The number of anilines is 1. The first-order chi connectivity index (χ1) is 12.3. The lowest BCUT2D eigenvalue weighted by atomic mass is 9.91. The molecule has 5 heteroatoms. The van der Waals surface area contributed by atoms with Crippen LogP contribution < -0.4 is 4.90 Å². The zero-order chi connectivity index (χ0) is 18.7. The van der Waals surface area contributed by atoms with E-state index < -0.39 is 5.41 Å². The van der Waals surface area contributed by atoms with Crippen molar-refractivity contribution in [2.75, 3.05) is 51.2 Å². The second-order valence-electron chi connectivity index (χ2n) is 8.74. The molecule has 2 fully saturated rings. The molecule has 2 aliphatic heterocycles. The van der Waals surface area contributed by atoms with Crippen LogP contribution in [0.25, 0.3) is 0 Å². The van der Waals surface area contributed by atoms with E-state index in [1.165, 1.54) is 11.3 Å². The maximum absolute atomic E-state index is 12.1. The van der Waals surface area contributed by atoms with Crippen molar-refractivity contribution in [2.45, 2.75) is 39.5 Å². The summed E-state index contributed by atoms with van der Waals surface area (Å²) in [6.07, 6.45) is 2.21. The highest BCUT2D eigenvalue weighted by Gasteiger charge is 2.29. The molecule has 2 aliphatic rings. The smallest absolute Gasteiger partial charge is 0.330 e. The molecule has 0 amide bonds. The van der Waals surface area contributed by atoms with E-state index in [1.54, 1.807) is 0 Å². The first-order valence-electron chi connectivity index (χ1n) is 9.84. The van der Waals surface area contributed by atoms with E-state index >= 15 is 0 Å². The minimum absolute atomic E-state index is 0.149. The fourth-order valence-electron chi connectivity index (χ4n) is 3.57. The summed E-state index contributed by atoms with van der Waals surface area (Å²) in [5.41, 5.74) is 2.20. The molecule has 2 heterocycles. The van der Waals surface area contributed by atoms with Gasteiger partial charge < -0.3 is 14.6 Å².